The second-order valence-corrected chi connectivity index (χ2v) is 8.81. The van der Waals surface area contributed by atoms with E-state index >= 15 is 0 Å². The van der Waals surface area contributed by atoms with Crippen molar-refractivity contribution in [1.82, 2.24) is 0 Å². The summed E-state index contributed by atoms with van der Waals surface area (Å²) in [5.41, 5.74) is 0.918. The SMILES string of the molecule is COc1cc(NC(=O)c2cccc(NS(=O)(=O)c3ccc(Cl)c(Cl)c3)c2)cc(OC)c1. The number of hydrogen-bond acceptors (Lipinski definition) is 5. The number of hydrogen-bond donors (Lipinski definition) is 2. The summed E-state index contributed by atoms with van der Waals surface area (Å²) in [5.74, 6) is 0.585. The van der Waals surface area contributed by atoms with Crippen LogP contribution in [0.5, 0.6) is 11.5 Å². The molecule has 3 aromatic carbocycles. The molecule has 0 atom stereocenters. The van der Waals surface area contributed by atoms with Crippen LogP contribution in [-0.4, -0.2) is 28.5 Å². The van der Waals surface area contributed by atoms with Crippen LogP contribution >= 0.6 is 23.2 Å². The van der Waals surface area contributed by atoms with Crippen molar-refractivity contribution >= 4 is 50.5 Å². The normalized spacial score (nSPS) is 11.0. The van der Waals surface area contributed by atoms with Gasteiger partial charge < -0.3 is 14.8 Å². The topological polar surface area (TPSA) is 93.7 Å². The standard InChI is InChI=1S/C21H18Cl2N2O5S/c1-29-16-9-15(10-17(11-16)30-2)24-21(26)13-4-3-5-14(8-13)25-31(27,28)18-6-7-19(22)20(23)12-18/h3-12,25H,1-2H3,(H,24,26). The van der Waals surface area contributed by atoms with Gasteiger partial charge in [0.1, 0.15) is 11.5 Å². The van der Waals surface area contributed by atoms with Gasteiger partial charge in [0, 0.05) is 35.1 Å². The molecule has 10 heteroatoms. The minimum Gasteiger partial charge on any atom is -0.497 e. The Hall–Kier alpha value is -2.94. The molecule has 0 unspecified atom stereocenters. The number of carbonyl (C=O) groups excluding carboxylic acids is 1. The number of amides is 1. The van der Waals surface area contributed by atoms with Gasteiger partial charge in [0.2, 0.25) is 0 Å². The predicted octanol–water partition coefficient (Wildman–Crippen LogP) is 5.06. The Morgan fingerprint density at radius 1 is 0.839 bits per heavy atom. The van der Waals surface area contributed by atoms with Gasteiger partial charge in [-0.25, -0.2) is 8.42 Å². The number of rotatable bonds is 7. The van der Waals surface area contributed by atoms with E-state index in [1.54, 1.807) is 30.3 Å². The van der Waals surface area contributed by atoms with Gasteiger partial charge in [-0.1, -0.05) is 29.3 Å². The first-order valence-electron chi connectivity index (χ1n) is 8.84. The van der Waals surface area contributed by atoms with Gasteiger partial charge in [-0.05, 0) is 36.4 Å². The summed E-state index contributed by atoms with van der Waals surface area (Å²) in [6, 6.07) is 15.0. The Labute approximate surface area is 189 Å². The van der Waals surface area contributed by atoms with E-state index in [0.29, 0.717) is 17.2 Å². The number of nitrogens with one attached hydrogen (secondary N) is 2. The maximum absolute atomic E-state index is 12.7. The van der Waals surface area contributed by atoms with Crippen LogP contribution in [-0.2, 0) is 10.0 Å². The molecule has 0 aliphatic carbocycles. The van der Waals surface area contributed by atoms with Crippen LogP contribution in [0.2, 0.25) is 10.0 Å². The average molecular weight is 481 g/mol. The molecule has 0 saturated carbocycles. The molecule has 0 saturated heterocycles. The lowest BCUT2D eigenvalue weighted by Gasteiger charge is -2.12. The molecule has 0 bridgehead atoms. The monoisotopic (exact) mass is 480 g/mol. The van der Waals surface area contributed by atoms with Gasteiger partial charge >= 0.3 is 0 Å². The molecule has 0 heterocycles. The lowest BCUT2D eigenvalue weighted by molar-refractivity contribution is 0.102. The first-order chi connectivity index (χ1) is 14.7. The number of ether oxygens (including phenoxy) is 2. The average Bonchev–Trinajstić information content (AvgIpc) is 2.75. The highest BCUT2D eigenvalue weighted by atomic mass is 35.5. The first-order valence-corrected chi connectivity index (χ1v) is 11.1. The summed E-state index contributed by atoms with van der Waals surface area (Å²) in [6.07, 6.45) is 0. The quantitative estimate of drug-likeness (QED) is 0.492. The molecular weight excluding hydrogens is 463 g/mol. The second kappa shape index (κ2) is 9.47. The molecule has 0 fully saturated rings. The highest BCUT2D eigenvalue weighted by Crippen LogP contribution is 2.28. The smallest absolute Gasteiger partial charge is 0.261 e. The molecule has 0 aliphatic rings. The minimum atomic E-state index is -3.93. The van der Waals surface area contributed by atoms with E-state index in [-0.39, 0.29) is 26.2 Å². The molecule has 0 radical (unpaired) electrons. The Morgan fingerprint density at radius 3 is 2.13 bits per heavy atom. The van der Waals surface area contributed by atoms with Crippen molar-refractivity contribution < 1.29 is 22.7 Å². The second-order valence-electron chi connectivity index (χ2n) is 6.32. The molecule has 3 rings (SSSR count). The Kier molecular flexibility index (Phi) is 6.94. The summed E-state index contributed by atoms with van der Waals surface area (Å²) in [4.78, 5) is 12.6. The third-order valence-electron chi connectivity index (χ3n) is 4.19. The summed E-state index contributed by atoms with van der Waals surface area (Å²) >= 11 is 11.8. The summed E-state index contributed by atoms with van der Waals surface area (Å²) < 4.78 is 38.1. The van der Waals surface area contributed by atoms with E-state index in [0.717, 1.165) is 0 Å². The van der Waals surface area contributed by atoms with Crippen molar-refractivity contribution in [2.75, 3.05) is 24.3 Å². The maximum Gasteiger partial charge on any atom is 0.261 e. The van der Waals surface area contributed by atoms with E-state index in [4.69, 9.17) is 32.7 Å². The van der Waals surface area contributed by atoms with Gasteiger partial charge in [-0.15, -0.1) is 0 Å². The first kappa shape index (κ1) is 22.7. The highest BCUT2D eigenvalue weighted by Gasteiger charge is 2.17. The zero-order valence-electron chi connectivity index (χ0n) is 16.5. The molecule has 162 valence electrons. The fourth-order valence-corrected chi connectivity index (χ4v) is 4.10. The summed E-state index contributed by atoms with van der Waals surface area (Å²) in [6.45, 7) is 0. The third kappa shape index (κ3) is 5.61. The maximum atomic E-state index is 12.7. The van der Waals surface area contributed by atoms with Gasteiger partial charge in [0.25, 0.3) is 15.9 Å². The number of halogens is 2. The molecule has 0 spiro atoms. The van der Waals surface area contributed by atoms with Crippen LogP contribution in [0.25, 0.3) is 0 Å². The number of sulfonamides is 1. The van der Waals surface area contributed by atoms with Crippen molar-refractivity contribution in [3.8, 4) is 11.5 Å². The highest BCUT2D eigenvalue weighted by molar-refractivity contribution is 7.92. The van der Waals surface area contributed by atoms with E-state index in [1.807, 2.05) is 0 Å². The molecule has 3 aromatic rings. The Morgan fingerprint density at radius 2 is 1.52 bits per heavy atom. The van der Waals surface area contributed by atoms with Crippen LogP contribution in [0.4, 0.5) is 11.4 Å². The van der Waals surface area contributed by atoms with E-state index in [9.17, 15) is 13.2 Å². The van der Waals surface area contributed by atoms with Gasteiger partial charge in [-0.3, -0.25) is 9.52 Å². The number of benzene rings is 3. The summed E-state index contributed by atoms with van der Waals surface area (Å²) in [7, 11) is -0.922. The van der Waals surface area contributed by atoms with Crippen LogP contribution in [0.15, 0.2) is 65.6 Å². The molecular formula is C21H18Cl2N2O5S. The zero-order valence-corrected chi connectivity index (χ0v) is 18.8. The van der Waals surface area contributed by atoms with Gasteiger partial charge in [-0.2, -0.15) is 0 Å². The molecule has 0 aliphatic heterocycles. The zero-order chi connectivity index (χ0) is 22.6. The third-order valence-corrected chi connectivity index (χ3v) is 6.31. The van der Waals surface area contributed by atoms with E-state index in [2.05, 4.69) is 10.0 Å². The predicted molar refractivity (Wildman–Crippen MR) is 121 cm³/mol. The number of carbonyl (C=O) groups is 1. The fraction of sp³-hybridized carbons (Fsp3) is 0.0952. The number of anilines is 2. The van der Waals surface area contributed by atoms with Crippen LogP contribution in [0.3, 0.4) is 0 Å². The van der Waals surface area contributed by atoms with Crippen LogP contribution in [0.1, 0.15) is 10.4 Å². The molecule has 7 nitrogen and oxygen atoms in total. The van der Waals surface area contributed by atoms with Crippen molar-refractivity contribution in [2.24, 2.45) is 0 Å². The lowest BCUT2D eigenvalue weighted by Crippen LogP contribution is -2.15. The molecule has 2 N–H and O–H groups in total. The van der Waals surface area contributed by atoms with Gasteiger partial charge in [0.15, 0.2) is 0 Å². The van der Waals surface area contributed by atoms with Crippen LogP contribution in [0, 0.1) is 0 Å². The minimum absolute atomic E-state index is 0.0553. The molecule has 1 amide bonds. The Balaban J connectivity index is 1.81. The lowest BCUT2D eigenvalue weighted by atomic mass is 10.2. The van der Waals surface area contributed by atoms with Crippen LogP contribution < -0.4 is 19.5 Å². The fourth-order valence-electron chi connectivity index (χ4n) is 2.66. The van der Waals surface area contributed by atoms with E-state index in [1.165, 1.54) is 44.6 Å². The molecule has 31 heavy (non-hydrogen) atoms. The van der Waals surface area contributed by atoms with E-state index < -0.39 is 15.9 Å². The molecule has 0 aromatic heterocycles. The van der Waals surface area contributed by atoms with Gasteiger partial charge in [0.05, 0.1) is 29.2 Å². The van der Waals surface area contributed by atoms with Crippen molar-refractivity contribution in [3.63, 3.8) is 0 Å². The number of methoxy groups -OCH3 is 2. The van der Waals surface area contributed by atoms with Crippen molar-refractivity contribution in [2.45, 2.75) is 4.90 Å². The van der Waals surface area contributed by atoms with Crippen molar-refractivity contribution in [1.29, 1.82) is 0 Å². The van der Waals surface area contributed by atoms with Crippen molar-refractivity contribution in [3.05, 3.63) is 76.3 Å². The Bertz CT molecular complexity index is 1210. The summed E-state index contributed by atoms with van der Waals surface area (Å²) in [5, 5.41) is 3.10. The largest absolute Gasteiger partial charge is 0.497 e.